The molecule has 1 aliphatic rings. The molecule has 1 aliphatic heterocycles. The molecule has 2 atom stereocenters. The second-order valence-corrected chi connectivity index (χ2v) is 7.31. The first-order valence-corrected chi connectivity index (χ1v) is 9.22. The molecule has 5 nitrogen and oxygen atoms in total. The van der Waals surface area contributed by atoms with Crippen LogP contribution < -0.4 is 5.32 Å². The Balaban J connectivity index is 1.85. The summed E-state index contributed by atoms with van der Waals surface area (Å²) in [5, 5.41) is 2.96. The minimum Gasteiger partial charge on any atom is -0.348 e. The van der Waals surface area contributed by atoms with E-state index in [0.717, 1.165) is 10.5 Å². The fourth-order valence-corrected chi connectivity index (χ4v) is 3.40. The van der Waals surface area contributed by atoms with Crippen molar-refractivity contribution in [1.29, 1.82) is 0 Å². The Morgan fingerprint density at radius 3 is 1.93 bits per heavy atom. The molecule has 3 rings (SSSR count). The van der Waals surface area contributed by atoms with Gasteiger partial charge in [-0.2, -0.15) is 0 Å². The summed E-state index contributed by atoms with van der Waals surface area (Å²) in [6, 6.07) is 15.3. The van der Waals surface area contributed by atoms with Crippen LogP contribution in [-0.2, 0) is 4.79 Å². The maximum Gasteiger partial charge on any atom is 0.262 e. The molecule has 27 heavy (non-hydrogen) atoms. The zero-order chi connectivity index (χ0) is 19.6. The van der Waals surface area contributed by atoms with Crippen molar-refractivity contribution in [3.63, 3.8) is 0 Å². The normalized spacial score (nSPS) is 15.6. The Kier molecular flexibility index (Phi) is 5.40. The molecule has 2 aromatic carbocycles. The van der Waals surface area contributed by atoms with Crippen LogP contribution in [0.15, 0.2) is 54.6 Å². The average molecular weight is 364 g/mol. The van der Waals surface area contributed by atoms with Crippen molar-refractivity contribution < 1.29 is 14.4 Å². The molecule has 0 aliphatic carbocycles. The van der Waals surface area contributed by atoms with Gasteiger partial charge in [-0.15, -0.1) is 0 Å². The predicted octanol–water partition coefficient (Wildman–Crippen LogP) is 3.57. The molecule has 0 saturated carbocycles. The molecular weight excluding hydrogens is 340 g/mol. The summed E-state index contributed by atoms with van der Waals surface area (Å²) < 4.78 is 0. The number of benzene rings is 2. The number of carbonyl (C=O) groups excluding carboxylic acids is 3. The van der Waals surface area contributed by atoms with Crippen molar-refractivity contribution >= 4 is 17.7 Å². The summed E-state index contributed by atoms with van der Waals surface area (Å²) in [5.74, 6) is -0.959. The Morgan fingerprint density at radius 1 is 0.889 bits per heavy atom. The lowest BCUT2D eigenvalue weighted by Crippen LogP contribution is -2.50. The maximum absolute atomic E-state index is 13.0. The molecule has 2 aromatic rings. The van der Waals surface area contributed by atoms with Crippen LogP contribution in [0.5, 0.6) is 0 Å². The zero-order valence-electron chi connectivity index (χ0n) is 15.8. The minimum atomic E-state index is -0.830. The van der Waals surface area contributed by atoms with Gasteiger partial charge in [-0.05, 0) is 37.0 Å². The number of carbonyl (C=O) groups is 3. The summed E-state index contributed by atoms with van der Waals surface area (Å²) in [6.07, 6.45) is 0.415. The lowest BCUT2D eigenvalue weighted by Gasteiger charge is -2.28. The lowest BCUT2D eigenvalue weighted by atomic mass is 10.0. The molecule has 0 saturated heterocycles. The van der Waals surface area contributed by atoms with Gasteiger partial charge in [0, 0.05) is 0 Å². The van der Waals surface area contributed by atoms with E-state index in [0.29, 0.717) is 17.5 Å². The highest BCUT2D eigenvalue weighted by atomic mass is 16.2. The van der Waals surface area contributed by atoms with Gasteiger partial charge in [-0.1, -0.05) is 56.3 Å². The van der Waals surface area contributed by atoms with Crippen molar-refractivity contribution in [3.05, 3.63) is 71.3 Å². The summed E-state index contributed by atoms with van der Waals surface area (Å²) in [4.78, 5) is 39.8. The molecular formula is C22H24N2O3. The molecule has 0 aromatic heterocycles. The Bertz CT molecular complexity index is 826. The average Bonchev–Trinajstić information content (AvgIpc) is 2.91. The summed E-state index contributed by atoms with van der Waals surface area (Å²) >= 11 is 0. The molecule has 3 amide bonds. The van der Waals surface area contributed by atoms with Gasteiger partial charge in [0.05, 0.1) is 17.2 Å². The van der Waals surface area contributed by atoms with E-state index in [-0.39, 0.29) is 17.9 Å². The molecule has 1 heterocycles. The van der Waals surface area contributed by atoms with Crippen LogP contribution in [0.3, 0.4) is 0 Å². The maximum atomic E-state index is 13.0. The Labute approximate surface area is 159 Å². The molecule has 0 spiro atoms. The number of hydrogen-bond acceptors (Lipinski definition) is 3. The molecule has 1 N–H and O–H groups in total. The third kappa shape index (κ3) is 3.77. The van der Waals surface area contributed by atoms with Crippen LogP contribution >= 0.6 is 0 Å². The molecule has 5 heteroatoms. The van der Waals surface area contributed by atoms with Gasteiger partial charge in [0.15, 0.2) is 0 Å². The standard InChI is InChI=1S/C22H24N2O3/c1-14(2)13-19(20(25)23-15(3)16-9-5-4-6-10-16)24-21(26)17-11-7-8-12-18(17)22(24)27/h4-12,14-15,19H,13H2,1-3H3,(H,23,25)/t15-,19+/m1/s1. The van der Waals surface area contributed by atoms with Crippen molar-refractivity contribution in [3.8, 4) is 0 Å². The summed E-state index contributed by atoms with van der Waals surface area (Å²) in [7, 11) is 0. The minimum absolute atomic E-state index is 0.150. The number of hydrogen-bond donors (Lipinski definition) is 1. The fourth-order valence-electron chi connectivity index (χ4n) is 3.40. The zero-order valence-corrected chi connectivity index (χ0v) is 15.8. The van der Waals surface area contributed by atoms with Gasteiger partial charge in [0.1, 0.15) is 6.04 Å². The second-order valence-electron chi connectivity index (χ2n) is 7.31. The first kappa shape index (κ1) is 18.8. The molecule has 140 valence electrons. The van der Waals surface area contributed by atoms with E-state index in [9.17, 15) is 14.4 Å². The SMILES string of the molecule is CC(C)C[C@@H](C(=O)N[C@H](C)c1ccccc1)N1C(=O)c2ccccc2C1=O. The van der Waals surface area contributed by atoms with Gasteiger partial charge in [0.2, 0.25) is 5.91 Å². The number of amides is 3. The smallest absolute Gasteiger partial charge is 0.262 e. The highest BCUT2D eigenvalue weighted by Gasteiger charge is 2.42. The van der Waals surface area contributed by atoms with E-state index >= 15 is 0 Å². The molecule has 0 radical (unpaired) electrons. The Hall–Kier alpha value is -2.95. The fraction of sp³-hybridized carbons (Fsp3) is 0.318. The van der Waals surface area contributed by atoms with E-state index < -0.39 is 17.9 Å². The lowest BCUT2D eigenvalue weighted by molar-refractivity contribution is -0.126. The van der Waals surface area contributed by atoms with Crippen molar-refractivity contribution in [1.82, 2.24) is 10.2 Å². The highest BCUT2D eigenvalue weighted by Crippen LogP contribution is 2.27. The van der Waals surface area contributed by atoms with Crippen molar-refractivity contribution in [2.24, 2.45) is 5.92 Å². The quantitative estimate of drug-likeness (QED) is 0.797. The van der Waals surface area contributed by atoms with Crippen molar-refractivity contribution in [2.75, 3.05) is 0 Å². The monoisotopic (exact) mass is 364 g/mol. The van der Waals surface area contributed by atoms with Gasteiger partial charge in [-0.25, -0.2) is 0 Å². The van der Waals surface area contributed by atoms with Crippen LogP contribution in [0.4, 0.5) is 0 Å². The predicted molar refractivity (Wildman–Crippen MR) is 103 cm³/mol. The van der Waals surface area contributed by atoms with Crippen LogP contribution in [0.1, 0.15) is 59.5 Å². The van der Waals surface area contributed by atoms with E-state index in [2.05, 4.69) is 5.32 Å². The first-order chi connectivity index (χ1) is 12.9. The second kappa shape index (κ2) is 7.74. The number of imide groups is 1. The number of rotatable bonds is 6. The van der Waals surface area contributed by atoms with E-state index in [1.54, 1.807) is 24.3 Å². The van der Waals surface area contributed by atoms with Crippen LogP contribution in [0, 0.1) is 5.92 Å². The van der Waals surface area contributed by atoms with Gasteiger partial charge >= 0.3 is 0 Å². The Morgan fingerprint density at radius 2 is 1.41 bits per heavy atom. The molecule has 0 bridgehead atoms. The van der Waals surface area contributed by atoms with Crippen LogP contribution in [0.2, 0.25) is 0 Å². The van der Waals surface area contributed by atoms with Gasteiger partial charge in [-0.3, -0.25) is 19.3 Å². The summed E-state index contributed by atoms with van der Waals surface area (Å²) in [5.41, 5.74) is 1.69. The van der Waals surface area contributed by atoms with Crippen LogP contribution in [-0.4, -0.2) is 28.7 Å². The third-order valence-corrected chi connectivity index (χ3v) is 4.79. The van der Waals surface area contributed by atoms with E-state index in [1.165, 1.54) is 0 Å². The van der Waals surface area contributed by atoms with E-state index in [1.807, 2.05) is 51.1 Å². The summed E-state index contributed by atoms with van der Waals surface area (Å²) in [6.45, 7) is 5.83. The molecule has 0 fully saturated rings. The number of fused-ring (bicyclic) bond motifs is 1. The highest BCUT2D eigenvalue weighted by molar-refractivity contribution is 6.22. The van der Waals surface area contributed by atoms with Crippen LogP contribution in [0.25, 0.3) is 0 Å². The first-order valence-electron chi connectivity index (χ1n) is 9.22. The number of nitrogens with zero attached hydrogens (tertiary/aromatic N) is 1. The number of nitrogens with one attached hydrogen (secondary N) is 1. The van der Waals surface area contributed by atoms with Crippen molar-refractivity contribution in [2.45, 2.75) is 39.3 Å². The van der Waals surface area contributed by atoms with Gasteiger partial charge < -0.3 is 5.32 Å². The molecule has 0 unspecified atom stereocenters. The topological polar surface area (TPSA) is 66.5 Å². The third-order valence-electron chi connectivity index (χ3n) is 4.79. The van der Waals surface area contributed by atoms with E-state index in [4.69, 9.17) is 0 Å². The largest absolute Gasteiger partial charge is 0.348 e. The van der Waals surface area contributed by atoms with Gasteiger partial charge in [0.25, 0.3) is 11.8 Å².